The minimum absolute atomic E-state index is 0.562. The number of anilines is 1. The first-order valence-corrected chi connectivity index (χ1v) is 4.16. The summed E-state index contributed by atoms with van der Waals surface area (Å²) >= 11 is 4.92. The van der Waals surface area contributed by atoms with Crippen molar-refractivity contribution in [1.29, 1.82) is 0 Å². The summed E-state index contributed by atoms with van der Waals surface area (Å²) in [5.41, 5.74) is 0.833. The second kappa shape index (κ2) is 4.61. The van der Waals surface area contributed by atoms with Gasteiger partial charge in [-0.15, -0.1) is 0 Å². The number of methoxy groups -OCH3 is 1. The summed E-state index contributed by atoms with van der Waals surface area (Å²) in [6.07, 6.45) is 1.66. The van der Waals surface area contributed by atoms with Crippen LogP contribution in [0.25, 0.3) is 0 Å². The number of ether oxygens (including phenoxy) is 1. The zero-order chi connectivity index (χ0) is 9.68. The quantitative estimate of drug-likeness (QED) is 0.693. The summed E-state index contributed by atoms with van der Waals surface area (Å²) in [7, 11) is 3.33. The molecule has 0 fully saturated rings. The minimum Gasteiger partial charge on any atom is -0.481 e. The van der Waals surface area contributed by atoms with Gasteiger partial charge in [-0.05, 0) is 18.3 Å². The molecule has 1 aromatic rings. The van der Waals surface area contributed by atoms with Crippen LogP contribution in [0.1, 0.15) is 0 Å². The van der Waals surface area contributed by atoms with Crippen LogP contribution in [0.2, 0.25) is 0 Å². The van der Waals surface area contributed by atoms with Crippen LogP contribution in [0.3, 0.4) is 0 Å². The van der Waals surface area contributed by atoms with E-state index < -0.39 is 0 Å². The number of aromatic nitrogens is 1. The van der Waals surface area contributed by atoms with Gasteiger partial charge in [-0.25, -0.2) is 4.98 Å². The Morgan fingerprint density at radius 1 is 1.54 bits per heavy atom. The summed E-state index contributed by atoms with van der Waals surface area (Å²) < 4.78 is 4.91. The zero-order valence-corrected chi connectivity index (χ0v) is 8.31. The smallest absolute Gasteiger partial charge is 0.213 e. The van der Waals surface area contributed by atoms with Crippen LogP contribution >= 0.6 is 12.2 Å². The molecular formula is C8H11N3OS. The highest BCUT2D eigenvalue weighted by molar-refractivity contribution is 7.80. The van der Waals surface area contributed by atoms with E-state index in [4.69, 9.17) is 17.0 Å². The van der Waals surface area contributed by atoms with E-state index in [-0.39, 0.29) is 0 Å². The van der Waals surface area contributed by atoms with Crippen molar-refractivity contribution < 1.29 is 4.74 Å². The SMILES string of the molecule is CNC(=S)Nc1ccc(OC)nc1. The summed E-state index contributed by atoms with van der Waals surface area (Å²) in [6, 6.07) is 3.61. The number of rotatable bonds is 2. The Hall–Kier alpha value is -1.36. The standard InChI is InChI=1S/C8H11N3OS/c1-9-8(13)11-6-3-4-7(12-2)10-5-6/h3-5H,1-2H3,(H2,9,11,13). The maximum absolute atomic E-state index is 4.92. The van der Waals surface area contributed by atoms with Crippen molar-refractivity contribution in [3.63, 3.8) is 0 Å². The van der Waals surface area contributed by atoms with Crippen molar-refractivity contribution in [1.82, 2.24) is 10.3 Å². The molecule has 0 bridgehead atoms. The minimum atomic E-state index is 0.562. The third kappa shape index (κ3) is 2.87. The fourth-order valence-electron chi connectivity index (χ4n) is 0.769. The summed E-state index contributed by atoms with van der Waals surface area (Å²) in [5, 5.41) is 6.31. The number of nitrogens with one attached hydrogen (secondary N) is 2. The van der Waals surface area contributed by atoms with Gasteiger partial charge in [0.2, 0.25) is 5.88 Å². The molecule has 0 aromatic carbocycles. The zero-order valence-electron chi connectivity index (χ0n) is 7.50. The van der Waals surface area contributed by atoms with Crippen molar-refractivity contribution >= 4 is 23.0 Å². The summed E-state index contributed by atoms with van der Waals surface area (Å²) in [5.74, 6) is 0.584. The Morgan fingerprint density at radius 2 is 2.31 bits per heavy atom. The molecule has 0 aliphatic carbocycles. The van der Waals surface area contributed by atoms with Crippen LogP contribution in [0.5, 0.6) is 5.88 Å². The molecule has 0 saturated carbocycles. The Morgan fingerprint density at radius 3 is 2.77 bits per heavy atom. The molecule has 1 aromatic heterocycles. The van der Waals surface area contributed by atoms with Crippen LogP contribution in [0.4, 0.5) is 5.69 Å². The van der Waals surface area contributed by atoms with Crippen molar-refractivity contribution in [2.45, 2.75) is 0 Å². The molecule has 0 spiro atoms. The molecule has 2 N–H and O–H groups in total. The fraction of sp³-hybridized carbons (Fsp3) is 0.250. The highest BCUT2D eigenvalue weighted by Gasteiger charge is 1.95. The lowest BCUT2D eigenvalue weighted by atomic mass is 10.4. The maximum Gasteiger partial charge on any atom is 0.213 e. The molecule has 13 heavy (non-hydrogen) atoms. The van der Waals surface area contributed by atoms with E-state index in [1.54, 1.807) is 26.4 Å². The number of hydrogen-bond donors (Lipinski definition) is 2. The van der Waals surface area contributed by atoms with Gasteiger partial charge in [-0.2, -0.15) is 0 Å². The Kier molecular flexibility index (Phi) is 3.45. The Balaban J connectivity index is 2.64. The average Bonchev–Trinajstić information content (AvgIpc) is 2.19. The topological polar surface area (TPSA) is 46.2 Å². The van der Waals surface area contributed by atoms with Gasteiger partial charge >= 0.3 is 0 Å². The molecule has 0 amide bonds. The molecule has 0 radical (unpaired) electrons. The molecule has 0 aliphatic rings. The third-order valence-electron chi connectivity index (χ3n) is 1.43. The molecule has 70 valence electrons. The van der Waals surface area contributed by atoms with Crippen LogP contribution in [-0.2, 0) is 0 Å². The monoisotopic (exact) mass is 197 g/mol. The van der Waals surface area contributed by atoms with Gasteiger partial charge in [0.05, 0.1) is 19.0 Å². The summed E-state index contributed by atoms with van der Waals surface area (Å²) in [4.78, 5) is 4.01. The molecule has 1 rings (SSSR count). The van der Waals surface area contributed by atoms with Crippen LogP contribution in [0.15, 0.2) is 18.3 Å². The van der Waals surface area contributed by atoms with Gasteiger partial charge in [-0.1, -0.05) is 0 Å². The van der Waals surface area contributed by atoms with E-state index in [2.05, 4.69) is 15.6 Å². The Labute approximate surface area is 82.3 Å². The molecule has 0 unspecified atom stereocenters. The van der Waals surface area contributed by atoms with E-state index in [0.29, 0.717) is 11.0 Å². The highest BCUT2D eigenvalue weighted by Crippen LogP contribution is 2.10. The predicted octanol–water partition coefficient (Wildman–Crippen LogP) is 1.01. The van der Waals surface area contributed by atoms with Crippen molar-refractivity contribution in [2.24, 2.45) is 0 Å². The van der Waals surface area contributed by atoms with Crippen LogP contribution in [-0.4, -0.2) is 24.3 Å². The number of pyridine rings is 1. The fourth-order valence-corrected chi connectivity index (χ4v) is 0.886. The molecule has 4 nitrogen and oxygen atoms in total. The average molecular weight is 197 g/mol. The van der Waals surface area contributed by atoms with Crippen molar-refractivity contribution in [3.05, 3.63) is 18.3 Å². The van der Waals surface area contributed by atoms with E-state index >= 15 is 0 Å². The first-order chi connectivity index (χ1) is 6.26. The van der Waals surface area contributed by atoms with Gasteiger partial charge in [0.1, 0.15) is 0 Å². The lowest BCUT2D eigenvalue weighted by molar-refractivity contribution is 0.398. The number of thiocarbonyl (C=S) groups is 1. The molecule has 0 aliphatic heterocycles. The predicted molar refractivity (Wildman–Crippen MR) is 56.1 cm³/mol. The molecule has 0 atom stereocenters. The lowest BCUT2D eigenvalue weighted by Gasteiger charge is -2.06. The molecule has 5 heteroatoms. The molecular weight excluding hydrogens is 186 g/mol. The normalized spacial score (nSPS) is 9.08. The largest absolute Gasteiger partial charge is 0.481 e. The van der Waals surface area contributed by atoms with E-state index in [9.17, 15) is 0 Å². The maximum atomic E-state index is 4.92. The van der Waals surface area contributed by atoms with Gasteiger partial charge in [0.25, 0.3) is 0 Å². The van der Waals surface area contributed by atoms with E-state index in [1.807, 2.05) is 6.07 Å². The van der Waals surface area contributed by atoms with Crippen LogP contribution in [0, 0.1) is 0 Å². The summed E-state index contributed by atoms with van der Waals surface area (Å²) in [6.45, 7) is 0. The second-order valence-corrected chi connectivity index (χ2v) is 2.70. The Bertz CT molecular complexity index is 286. The first-order valence-electron chi connectivity index (χ1n) is 3.75. The lowest BCUT2D eigenvalue weighted by Crippen LogP contribution is -2.24. The van der Waals surface area contributed by atoms with Crippen molar-refractivity contribution in [3.8, 4) is 5.88 Å². The second-order valence-electron chi connectivity index (χ2n) is 2.29. The van der Waals surface area contributed by atoms with Gasteiger partial charge in [0.15, 0.2) is 5.11 Å². The molecule has 1 heterocycles. The van der Waals surface area contributed by atoms with Crippen LogP contribution < -0.4 is 15.4 Å². The third-order valence-corrected chi connectivity index (χ3v) is 1.74. The van der Waals surface area contributed by atoms with E-state index in [1.165, 1.54) is 0 Å². The highest BCUT2D eigenvalue weighted by atomic mass is 32.1. The molecule has 0 saturated heterocycles. The number of nitrogens with zero attached hydrogens (tertiary/aromatic N) is 1. The van der Waals surface area contributed by atoms with Crippen molar-refractivity contribution in [2.75, 3.05) is 19.5 Å². The first kappa shape index (κ1) is 9.73. The van der Waals surface area contributed by atoms with Gasteiger partial charge in [0, 0.05) is 13.1 Å². The van der Waals surface area contributed by atoms with Gasteiger partial charge < -0.3 is 15.4 Å². The van der Waals surface area contributed by atoms with Gasteiger partial charge in [-0.3, -0.25) is 0 Å². The number of hydrogen-bond acceptors (Lipinski definition) is 3. The van der Waals surface area contributed by atoms with E-state index in [0.717, 1.165) is 5.69 Å².